The van der Waals surface area contributed by atoms with Crippen molar-refractivity contribution in [3.63, 3.8) is 0 Å². The van der Waals surface area contributed by atoms with Crippen molar-refractivity contribution in [3.05, 3.63) is 23.2 Å². The van der Waals surface area contributed by atoms with Crippen LogP contribution in [0, 0.1) is 6.92 Å². The van der Waals surface area contributed by atoms with Gasteiger partial charge in [-0.25, -0.2) is 0 Å². The molecule has 0 aliphatic heterocycles. The second-order valence-electron chi connectivity index (χ2n) is 6.45. The lowest BCUT2D eigenvalue weighted by atomic mass is 10.2. The minimum Gasteiger partial charge on any atom is -0.465 e. The summed E-state index contributed by atoms with van der Waals surface area (Å²) in [6.07, 6.45) is 8.21. The minimum absolute atomic E-state index is 0.762. The molecule has 1 N–H and O–H groups in total. The second kappa shape index (κ2) is 6.31. The van der Waals surface area contributed by atoms with Gasteiger partial charge in [0.2, 0.25) is 0 Å². The zero-order valence-corrected chi connectivity index (χ0v) is 13.0. The van der Waals surface area contributed by atoms with E-state index >= 15 is 0 Å². The van der Waals surface area contributed by atoms with Gasteiger partial charge in [0.1, 0.15) is 11.5 Å². The van der Waals surface area contributed by atoms with Crippen molar-refractivity contribution in [1.82, 2.24) is 10.2 Å². The van der Waals surface area contributed by atoms with Gasteiger partial charge in [-0.2, -0.15) is 0 Å². The summed E-state index contributed by atoms with van der Waals surface area (Å²) in [6, 6.07) is 3.80. The summed E-state index contributed by atoms with van der Waals surface area (Å²) in [4.78, 5) is 2.59. The first kappa shape index (κ1) is 14.2. The lowest BCUT2D eigenvalue weighted by Gasteiger charge is -2.26. The zero-order chi connectivity index (χ0) is 13.9. The minimum atomic E-state index is 0.762. The maximum absolute atomic E-state index is 5.98. The number of nitrogens with zero attached hydrogens (tertiary/aromatic N) is 1. The molecule has 1 aromatic rings. The van der Waals surface area contributed by atoms with Crippen LogP contribution in [0.2, 0.25) is 0 Å². The largest absolute Gasteiger partial charge is 0.465 e. The molecule has 2 aliphatic rings. The molecule has 20 heavy (non-hydrogen) atoms. The van der Waals surface area contributed by atoms with Crippen molar-refractivity contribution < 1.29 is 4.42 Å². The Bertz CT molecular complexity index is 430. The third kappa shape index (κ3) is 3.44. The number of rotatable bonds is 7. The molecule has 2 fully saturated rings. The van der Waals surface area contributed by atoms with Crippen molar-refractivity contribution in [2.24, 2.45) is 0 Å². The van der Waals surface area contributed by atoms with Crippen molar-refractivity contribution in [2.45, 2.75) is 77.5 Å². The molecule has 3 rings (SSSR count). The van der Waals surface area contributed by atoms with Crippen LogP contribution in [0.4, 0.5) is 0 Å². The summed E-state index contributed by atoms with van der Waals surface area (Å²) in [5.41, 5.74) is 1.34. The number of hydrogen-bond donors (Lipinski definition) is 1. The molecule has 0 saturated heterocycles. The first-order valence-electron chi connectivity index (χ1n) is 8.32. The Morgan fingerprint density at radius 2 is 2.00 bits per heavy atom. The molecule has 0 bridgehead atoms. The van der Waals surface area contributed by atoms with Gasteiger partial charge in [0.25, 0.3) is 0 Å². The molecule has 0 amide bonds. The Morgan fingerprint density at radius 3 is 2.65 bits per heavy atom. The van der Waals surface area contributed by atoms with Crippen LogP contribution in [-0.4, -0.2) is 23.5 Å². The Labute approximate surface area is 122 Å². The highest BCUT2D eigenvalue weighted by atomic mass is 16.3. The van der Waals surface area contributed by atoms with Gasteiger partial charge in [0.05, 0.1) is 6.54 Å². The van der Waals surface area contributed by atoms with Crippen molar-refractivity contribution in [2.75, 3.05) is 6.54 Å². The smallest absolute Gasteiger partial charge is 0.118 e. The third-order valence-corrected chi connectivity index (χ3v) is 4.84. The maximum Gasteiger partial charge on any atom is 0.118 e. The van der Waals surface area contributed by atoms with E-state index in [-0.39, 0.29) is 0 Å². The predicted octanol–water partition coefficient (Wildman–Crippen LogP) is 3.60. The van der Waals surface area contributed by atoms with Gasteiger partial charge in [-0.05, 0) is 45.2 Å². The van der Waals surface area contributed by atoms with Crippen molar-refractivity contribution in [1.29, 1.82) is 0 Å². The van der Waals surface area contributed by atoms with Gasteiger partial charge in [-0.15, -0.1) is 0 Å². The fraction of sp³-hybridized carbons (Fsp3) is 0.765. The quantitative estimate of drug-likeness (QED) is 0.824. The van der Waals surface area contributed by atoms with Crippen LogP contribution in [0.25, 0.3) is 0 Å². The Morgan fingerprint density at radius 1 is 1.25 bits per heavy atom. The van der Waals surface area contributed by atoms with Gasteiger partial charge in [0.15, 0.2) is 0 Å². The molecular formula is C17H28N2O. The van der Waals surface area contributed by atoms with Crippen molar-refractivity contribution in [3.8, 4) is 0 Å². The van der Waals surface area contributed by atoms with E-state index in [1.165, 1.54) is 44.1 Å². The van der Waals surface area contributed by atoms with Crippen molar-refractivity contribution >= 4 is 0 Å². The fourth-order valence-electron chi connectivity index (χ4n) is 3.35. The first-order chi connectivity index (χ1) is 9.76. The van der Waals surface area contributed by atoms with Gasteiger partial charge in [-0.1, -0.05) is 19.8 Å². The van der Waals surface area contributed by atoms with E-state index in [4.69, 9.17) is 4.42 Å². The molecule has 1 heterocycles. The monoisotopic (exact) mass is 276 g/mol. The third-order valence-electron chi connectivity index (χ3n) is 4.84. The number of furan rings is 1. The van der Waals surface area contributed by atoms with Gasteiger partial charge < -0.3 is 9.73 Å². The molecule has 3 heteroatoms. The Balaban J connectivity index is 1.58. The van der Waals surface area contributed by atoms with E-state index in [1.54, 1.807) is 0 Å². The van der Waals surface area contributed by atoms with Crippen LogP contribution < -0.4 is 5.32 Å². The zero-order valence-electron chi connectivity index (χ0n) is 13.0. The fourth-order valence-corrected chi connectivity index (χ4v) is 3.35. The van der Waals surface area contributed by atoms with Crippen LogP contribution in [0.1, 0.15) is 62.5 Å². The number of aryl methyl sites for hydroxylation is 1. The van der Waals surface area contributed by atoms with Gasteiger partial charge in [0, 0.05) is 24.2 Å². The summed E-state index contributed by atoms with van der Waals surface area (Å²) in [5.74, 6) is 2.24. The van der Waals surface area contributed by atoms with Crippen LogP contribution in [-0.2, 0) is 13.1 Å². The highest BCUT2D eigenvalue weighted by molar-refractivity contribution is 5.21. The van der Waals surface area contributed by atoms with Crippen LogP contribution >= 0.6 is 0 Å². The Kier molecular flexibility index (Phi) is 4.47. The maximum atomic E-state index is 5.98. The topological polar surface area (TPSA) is 28.4 Å². The average molecular weight is 276 g/mol. The summed E-state index contributed by atoms with van der Waals surface area (Å²) in [7, 11) is 0. The predicted molar refractivity (Wildman–Crippen MR) is 81.6 cm³/mol. The highest BCUT2D eigenvalue weighted by Gasteiger charge is 2.23. The van der Waals surface area contributed by atoms with Crippen LogP contribution in [0.3, 0.4) is 0 Å². The van der Waals surface area contributed by atoms with Crippen LogP contribution in [0.5, 0.6) is 0 Å². The molecule has 1 aromatic heterocycles. The van der Waals surface area contributed by atoms with Crippen LogP contribution in [0.15, 0.2) is 10.5 Å². The lowest BCUT2D eigenvalue weighted by molar-refractivity contribution is 0.184. The van der Waals surface area contributed by atoms with Gasteiger partial charge >= 0.3 is 0 Å². The lowest BCUT2D eigenvalue weighted by Crippen LogP contribution is -2.32. The molecule has 0 radical (unpaired) electrons. The molecule has 3 nitrogen and oxygen atoms in total. The van der Waals surface area contributed by atoms with E-state index < -0.39 is 0 Å². The molecule has 2 aliphatic carbocycles. The summed E-state index contributed by atoms with van der Waals surface area (Å²) >= 11 is 0. The number of nitrogens with one attached hydrogen (secondary N) is 1. The van der Waals surface area contributed by atoms with E-state index in [1.807, 2.05) is 0 Å². The van der Waals surface area contributed by atoms with E-state index in [9.17, 15) is 0 Å². The summed E-state index contributed by atoms with van der Waals surface area (Å²) in [6.45, 7) is 7.43. The first-order valence-corrected chi connectivity index (χ1v) is 8.32. The molecule has 112 valence electrons. The normalized spacial score (nSPS) is 20.1. The molecular weight excluding hydrogens is 248 g/mol. The standard InChI is InChI=1S/C17H28N2O/c1-3-19(16-6-4-5-7-16)12-17-10-14(13(2)20-17)11-18-15-8-9-15/h10,15-16,18H,3-9,11-12H2,1-2H3. The molecule has 0 spiro atoms. The second-order valence-corrected chi connectivity index (χ2v) is 6.45. The molecule has 2 saturated carbocycles. The van der Waals surface area contributed by atoms with E-state index in [0.717, 1.165) is 43.2 Å². The average Bonchev–Trinajstić information content (AvgIpc) is 2.98. The highest BCUT2D eigenvalue weighted by Crippen LogP contribution is 2.26. The summed E-state index contributed by atoms with van der Waals surface area (Å²) in [5, 5.41) is 3.58. The van der Waals surface area contributed by atoms with E-state index in [2.05, 4.69) is 30.1 Å². The molecule has 0 unspecified atom stereocenters. The Hall–Kier alpha value is -0.800. The number of hydrogen-bond acceptors (Lipinski definition) is 3. The SMILES string of the molecule is CCN(Cc1cc(CNC2CC2)c(C)o1)C1CCCC1. The van der Waals surface area contributed by atoms with E-state index in [0.29, 0.717) is 0 Å². The molecule has 0 atom stereocenters. The molecule has 0 aromatic carbocycles. The summed E-state index contributed by atoms with van der Waals surface area (Å²) < 4.78 is 5.98. The van der Waals surface area contributed by atoms with Gasteiger partial charge in [-0.3, -0.25) is 4.90 Å².